The van der Waals surface area contributed by atoms with Crippen LogP contribution in [0, 0.1) is 6.92 Å². The highest BCUT2D eigenvalue weighted by atomic mass is 35.5. The molecular weight excluding hydrogens is 440 g/mol. The van der Waals surface area contributed by atoms with Gasteiger partial charge in [-0.3, -0.25) is 19.7 Å². The molecule has 0 aliphatic carbocycles. The molecule has 0 saturated carbocycles. The monoisotopic (exact) mass is 462 g/mol. The van der Waals surface area contributed by atoms with Crippen LogP contribution in [0.4, 0.5) is 5.95 Å². The van der Waals surface area contributed by atoms with E-state index in [0.29, 0.717) is 29.2 Å². The van der Waals surface area contributed by atoms with E-state index >= 15 is 0 Å². The number of aryl methyl sites for hydroxylation is 1. The average molecular weight is 463 g/mol. The summed E-state index contributed by atoms with van der Waals surface area (Å²) in [4.78, 5) is 25.3. The minimum atomic E-state index is -0.449. The Morgan fingerprint density at radius 2 is 2.00 bits per heavy atom. The first kappa shape index (κ1) is 21.1. The van der Waals surface area contributed by atoms with Crippen molar-refractivity contribution in [2.45, 2.75) is 19.5 Å². The fourth-order valence-electron chi connectivity index (χ4n) is 4.02. The molecule has 3 heterocycles. The molecule has 2 aromatic heterocycles. The van der Waals surface area contributed by atoms with Crippen molar-refractivity contribution in [3.63, 3.8) is 0 Å². The number of rotatable bonds is 5. The normalized spacial score (nSPS) is 16.3. The minimum Gasteiger partial charge on any atom is -0.497 e. The number of nitrogens with one attached hydrogen (secondary N) is 3. The maximum atomic E-state index is 12.8. The number of fused-ring (bicyclic) bond motifs is 2. The molecule has 5 rings (SSSR count). The molecule has 0 unspecified atom stereocenters. The predicted molar refractivity (Wildman–Crippen MR) is 130 cm³/mol. The third-order valence-corrected chi connectivity index (χ3v) is 5.91. The molecule has 1 aliphatic heterocycles. The number of aromatic nitrogens is 3. The van der Waals surface area contributed by atoms with E-state index in [1.54, 1.807) is 30.7 Å². The van der Waals surface area contributed by atoms with Crippen LogP contribution in [0.3, 0.4) is 0 Å². The molecule has 0 bridgehead atoms. The van der Waals surface area contributed by atoms with E-state index in [9.17, 15) is 4.79 Å². The number of halogens is 1. The number of guanidine groups is 1. The Balaban J connectivity index is 1.43. The maximum absolute atomic E-state index is 12.8. The number of methoxy groups -OCH3 is 1. The lowest BCUT2D eigenvalue weighted by Crippen LogP contribution is -2.48. The van der Waals surface area contributed by atoms with Crippen LogP contribution >= 0.6 is 11.6 Å². The number of aromatic amines is 1. The highest BCUT2D eigenvalue weighted by molar-refractivity contribution is 6.30. The van der Waals surface area contributed by atoms with Gasteiger partial charge in [-0.05, 0) is 54.8 Å². The van der Waals surface area contributed by atoms with Crippen LogP contribution in [0.1, 0.15) is 23.0 Å². The first-order chi connectivity index (χ1) is 16.0. The minimum absolute atomic E-state index is 0.149. The second-order valence-electron chi connectivity index (χ2n) is 7.86. The van der Waals surface area contributed by atoms with E-state index in [2.05, 4.69) is 20.6 Å². The molecule has 2 aromatic carbocycles. The van der Waals surface area contributed by atoms with Crippen LogP contribution in [0.15, 0.2) is 64.5 Å². The molecule has 0 spiro atoms. The topological polar surface area (TPSA) is 96.3 Å². The lowest BCUT2D eigenvalue weighted by Gasteiger charge is -2.31. The zero-order valence-electron chi connectivity index (χ0n) is 18.2. The molecule has 0 fully saturated rings. The number of ether oxygens (including phenoxy) is 1. The molecule has 1 atom stereocenters. The third kappa shape index (κ3) is 4.17. The van der Waals surface area contributed by atoms with Gasteiger partial charge in [-0.2, -0.15) is 0 Å². The van der Waals surface area contributed by atoms with Crippen LogP contribution in [-0.2, 0) is 6.42 Å². The lowest BCUT2D eigenvalue weighted by atomic mass is 10.1. The highest BCUT2D eigenvalue weighted by Gasteiger charge is 2.26. The maximum Gasteiger partial charge on any atom is 0.257 e. The van der Waals surface area contributed by atoms with Gasteiger partial charge in [0.1, 0.15) is 11.9 Å². The quantitative estimate of drug-likeness (QED) is 0.418. The summed E-state index contributed by atoms with van der Waals surface area (Å²) >= 11 is 6.06. The Labute approximate surface area is 195 Å². The van der Waals surface area contributed by atoms with Gasteiger partial charge >= 0.3 is 0 Å². The summed E-state index contributed by atoms with van der Waals surface area (Å²) in [6, 6.07) is 14.9. The van der Waals surface area contributed by atoms with Crippen LogP contribution in [0.5, 0.6) is 5.75 Å². The van der Waals surface area contributed by atoms with Gasteiger partial charge in [-0.25, -0.2) is 4.98 Å². The smallest absolute Gasteiger partial charge is 0.257 e. The Morgan fingerprint density at radius 1 is 1.18 bits per heavy atom. The number of hydrogen-bond acceptors (Lipinski definition) is 4. The molecule has 3 N–H and O–H groups in total. The average Bonchev–Trinajstić information content (AvgIpc) is 3.21. The molecule has 9 heteroatoms. The molecule has 0 amide bonds. The van der Waals surface area contributed by atoms with Crippen molar-refractivity contribution in [1.82, 2.24) is 19.9 Å². The Morgan fingerprint density at radius 3 is 2.79 bits per heavy atom. The Kier molecular flexibility index (Phi) is 5.51. The summed E-state index contributed by atoms with van der Waals surface area (Å²) in [7, 11) is 1.66. The van der Waals surface area contributed by atoms with Gasteiger partial charge in [0.15, 0.2) is 5.96 Å². The largest absolute Gasteiger partial charge is 0.497 e. The number of anilines is 1. The molecule has 168 valence electrons. The van der Waals surface area contributed by atoms with Gasteiger partial charge in [0.2, 0.25) is 5.95 Å². The molecule has 1 aliphatic rings. The summed E-state index contributed by atoms with van der Waals surface area (Å²) in [5.41, 5.74) is 3.59. The van der Waals surface area contributed by atoms with E-state index < -0.39 is 6.17 Å². The fraction of sp³-hybridized carbons (Fsp3) is 0.208. The first-order valence-corrected chi connectivity index (χ1v) is 11.0. The van der Waals surface area contributed by atoms with Crippen molar-refractivity contribution in [2.75, 3.05) is 19.0 Å². The number of aliphatic imine (C=N–C) groups is 1. The molecular formula is C24H23ClN6O2. The van der Waals surface area contributed by atoms with E-state index in [1.165, 1.54) is 6.07 Å². The summed E-state index contributed by atoms with van der Waals surface area (Å²) in [5, 5.41) is 8.24. The molecule has 0 radical (unpaired) electrons. The lowest BCUT2D eigenvalue weighted by molar-refractivity contribution is 0.415. The van der Waals surface area contributed by atoms with Crippen LogP contribution in [-0.4, -0.2) is 34.1 Å². The molecule has 4 aromatic rings. The SMILES string of the molecule is COc1ccc2[nH]cc(CCN=C3Nc4nc(C)cc(=O)n4[C@@H](c4ccc(Cl)cc4)N3)c2c1. The van der Waals surface area contributed by atoms with Gasteiger partial charge < -0.3 is 15.0 Å². The second kappa shape index (κ2) is 8.63. The number of nitrogens with zero attached hydrogens (tertiary/aromatic N) is 3. The second-order valence-corrected chi connectivity index (χ2v) is 8.29. The van der Waals surface area contributed by atoms with Crippen LogP contribution in [0.25, 0.3) is 10.9 Å². The highest BCUT2D eigenvalue weighted by Crippen LogP contribution is 2.25. The van der Waals surface area contributed by atoms with Gasteiger partial charge in [-0.15, -0.1) is 0 Å². The van der Waals surface area contributed by atoms with Gasteiger partial charge in [0.25, 0.3) is 5.56 Å². The van der Waals surface area contributed by atoms with Crippen LogP contribution < -0.4 is 20.9 Å². The summed E-state index contributed by atoms with van der Waals surface area (Å²) in [6.45, 7) is 2.34. The van der Waals surface area contributed by atoms with Crippen molar-refractivity contribution in [3.8, 4) is 5.75 Å². The number of H-pyrrole nitrogens is 1. The van der Waals surface area contributed by atoms with Crippen molar-refractivity contribution >= 4 is 34.4 Å². The molecule has 0 saturated heterocycles. The van der Waals surface area contributed by atoms with Crippen molar-refractivity contribution in [1.29, 1.82) is 0 Å². The first-order valence-electron chi connectivity index (χ1n) is 10.6. The summed E-state index contributed by atoms with van der Waals surface area (Å²) in [5.74, 6) is 1.83. The number of benzene rings is 2. The summed E-state index contributed by atoms with van der Waals surface area (Å²) < 4.78 is 6.94. The zero-order valence-corrected chi connectivity index (χ0v) is 19.0. The van der Waals surface area contributed by atoms with Gasteiger partial charge in [0, 0.05) is 40.4 Å². The predicted octanol–water partition coefficient (Wildman–Crippen LogP) is 3.86. The van der Waals surface area contributed by atoms with E-state index in [0.717, 1.165) is 34.2 Å². The van der Waals surface area contributed by atoms with Crippen molar-refractivity contribution in [3.05, 3.63) is 86.9 Å². The summed E-state index contributed by atoms with van der Waals surface area (Å²) in [6.07, 6.45) is 2.29. The van der Waals surface area contributed by atoms with Gasteiger partial charge in [-0.1, -0.05) is 23.7 Å². The van der Waals surface area contributed by atoms with E-state index in [4.69, 9.17) is 21.3 Å². The third-order valence-electron chi connectivity index (χ3n) is 5.65. The molecule has 33 heavy (non-hydrogen) atoms. The Bertz CT molecular complexity index is 1410. The zero-order chi connectivity index (χ0) is 22.9. The van der Waals surface area contributed by atoms with Crippen LogP contribution in [0.2, 0.25) is 5.02 Å². The van der Waals surface area contributed by atoms with Crippen molar-refractivity contribution in [2.24, 2.45) is 4.99 Å². The Hall–Kier alpha value is -3.78. The standard InChI is InChI=1S/C24H23ClN6O2/c1-14-11-21(32)31-22(15-3-5-17(25)6-4-15)29-23(30-24(31)28-14)26-10-9-16-13-27-20-8-7-18(33-2)12-19(16)20/h3-8,11-13,22,27H,9-10H2,1-2H3,(H2,26,28,29,30)/t22-/m0/s1. The number of hydrogen-bond donors (Lipinski definition) is 3. The van der Waals surface area contributed by atoms with Gasteiger partial charge in [0.05, 0.1) is 7.11 Å². The van der Waals surface area contributed by atoms with E-state index in [-0.39, 0.29) is 5.56 Å². The van der Waals surface area contributed by atoms with Crippen molar-refractivity contribution < 1.29 is 4.74 Å². The fourth-order valence-corrected chi connectivity index (χ4v) is 4.15. The molecule has 8 nitrogen and oxygen atoms in total. The van der Waals surface area contributed by atoms with E-state index in [1.807, 2.05) is 36.5 Å².